The van der Waals surface area contributed by atoms with Gasteiger partial charge in [-0.05, 0) is 36.1 Å². The molecule has 0 fully saturated rings. The van der Waals surface area contributed by atoms with Gasteiger partial charge in [-0.25, -0.2) is 4.79 Å². The van der Waals surface area contributed by atoms with E-state index < -0.39 is 36.0 Å². The zero-order chi connectivity index (χ0) is 24.2. The summed E-state index contributed by atoms with van der Waals surface area (Å²) in [5, 5.41) is 11.7. The molecule has 2 N–H and O–H groups in total. The number of hydrogen-bond donors (Lipinski definition) is 2. The second-order valence-corrected chi connectivity index (χ2v) is 8.76. The maximum absolute atomic E-state index is 13.0. The fourth-order valence-electron chi connectivity index (χ4n) is 4.14. The van der Waals surface area contributed by atoms with Crippen LogP contribution in [0.4, 0.5) is 4.79 Å². The number of hydrogen-bond acceptors (Lipinski definition) is 5. The summed E-state index contributed by atoms with van der Waals surface area (Å²) in [5.74, 6) is -1.88. The number of alkyl carbamates (subject to hydrolysis) is 1. The first-order chi connectivity index (χ1) is 15.7. The molecule has 8 heteroatoms. The van der Waals surface area contributed by atoms with Crippen LogP contribution in [-0.4, -0.2) is 66.9 Å². The summed E-state index contributed by atoms with van der Waals surface area (Å²) < 4.78 is 10.6. The van der Waals surface area contributed by atoms with Crippen LogP contribution >= 0.6 is 0 Å². The van der Waals surface area contributed by atoms with Gasteiger partial charge in [0.2, 0.25) is 5.91 Å². The first-order valence-corrected chi connectivity index (χ1v) is 10.8. The van der Waals surface area contributed by atoms with Crippen molar-refractivity contribution in [1.82, 2.24) is 10.2 Å². The number of amides is 2. The number of benzene rings is 2. The van der Waals surface area contributed by atoms with Gasteiger partial charge in [0, 0.05) is 20.1 Å². The number of nitrogens with zero attached hydrogens (tertiary/aromatic N) is 1. The van der Waals surface area contributed by atoms with Crippen molar-refractivity contribution in [2.24, 2.45) is 0 Å². The van der Waals surface area contributed by atoms with E-state index in [1.54, 1.807) is 20.9 Å². The summed E-state index contributed by atoms with van der Waals surface area (Å²) in [5.41, 5.74) is 3.63. The highest BCUT2D eigenvalue weighted by atomic mass is 16.5. The summed E-state index contributed by atoms with van der Waals surface area (Å²) in [6.07, 6.45) is -1.40. The van der Waals surface area contributed by atoms with Gasteiger partial charge in [-0.2, -0.15) is 0 Å². The number of carbonyl (C=O) groups is 3. The first-order valence-electron chi connectivity index (χ1n) is 10.8. The molecule has 33 heavy (non-hydrogen) atoms. The van der Waals surface area contributed by atoms with Gasteiger partial charge in [0.25, 0.3) is 0 Å². The number of aliphatic carboxylic acids is 1. The van der Waals surface area contributed by atoms with Crippen molar-refractivity contribution < 1.29 is 29.0 Å². The molecule has 0 aromatic heterocycles. The molecule has 1 atom stereocenters. The van der Waals surface area contributed by atoms with Crippen LogP contribution in [-0.2, 0) is 19.1 Å². The zero-order valence-electron chi connectivity index (χ0n) is 19.3. The fourth-order valence-corrected chi connectivity index (χ4v) is 4.14. The molecule has 1 aliphatic carbocycles. The monoisotopic (exact) mass is 454 g/mol. The van der Waals surface area contributed by atoms with Gasteiger partial charge in [-0.1, -0.05) is 48.5 Å². The minimum atomic E-state index is -1.26. The lowest BCUT2D eigenvalue weighted by Gasteiger charge is -2.37. The Morgan fingerprint density at radius 2 is 1.61 bits per heavy atom. The largest absolute Gasteiger partial charge is 0.481 e. The van der Waals surface area contributed by atoms with Crippen LogP contribution in [0.2, 0.25) is 0 Å². The Kier molecular flexibility index (Phi) is 7.38. The van der Waals surface area contributed by atoms with E-state index in [0.29, 0.717) is 0 Å². The number of nitrogens with one attached hydrogen (secondary N) is 1. The second kappa shape index (κ2) is 10.0. The molecule has 1 unspecified atom stereocenters. The molecule has 8 nitrogen and oxygen atoms in total. The molecule has 3 rings (SSSR count). The van der Waals surface area contributed by atoms with Gasteiger partial charge in [-0.15, -0.1) is 0 Å². The third kappa shape index (κ3) is 5.34. The van der Waals surface area contributed by atoms with E-state index in [2.05, 4.69) is 5.32 Å². The topological polar surface area (TPSA) is 105 Å². The van der Waals surface area contributed by atoms with Crippen molar-refractivity contribution in [3.05, 3.63) is 59.7 Å². The Morgan fingerprint density at radius 3 is 2.12 bits per heavy atom. The van der Waals surface area contributed by atoms with Crippen LogP contribution in [0, 0.1) is 0 Å². The predicted molar refractivity (Wildman–Crippen MR) is 123 cm³/mol. The molecule has 0 saturated heterocycles. The quantitative estimate of drug-likeness (QED) is 0.603. The smallest absolute Gasteiger partial charge is 0.407 e. The Morgan fingerprint density at radius 1 is 1.06 bits per heavy atom. The maximum Gasteiger partial charge on any atom is 0.407 e. The molecule has 0 radical (unpaired) electrons. The van der Waals surface area contributed by atoms with Gasteiger partial charge < -0.3 is 24.8 Å². The van der Waals surface area contributed by atoms with Gasteiger partial charge in [0.1, 0.15) is 12.6 Å². The summed E-state index contributed by atoms with van der Waals surface area (Å²) in [6.45, 7) is 3.90. The SMILES string of the molecule is COCC(C)(C)N(C)C(=O)C(CC(=O)O)NC(=O)OCC1c2ccccc2-c2ccccc21. The highest BCUT2D eigenvalue weighted by molar-refractivity contribution is 5.89. The van der Waals surface area contributed by atoms with Crippen molar-refractivity contribution in [3.8, 4) is 11.1 Å². The number of fused-ring (bicyclic) bond motifs is 3. The van der Waals surface area contributed by atoms with Gasteiger partial charge in [0.15, 0.2) is 0 Å². The lowest BCUT2D eigenvalue weighted by molar-refractivity contribution is -0.145. The lowest BCUT2D eigenvalue weighted by atomic mass is 9.98. The van der Waals surface area contributed by atoms with Crippen molar-refractivity contribution >= 4 is 18.0 Å². The molecule has 2 amide bonds. The van der Waals surface area contributed by atoms with Gasteiger partial charge >= 0.3 is 12.1 Å². The number of carbonyl (C=O) groups excluding carboxylic acids is 2. The molecule has 0 heterocycles. The Bertz CT molecular complexity index is 990. The molecule has 0 spiro atoms. The molecule has 2 aromatic rings. The summed E-state index contributed by atoms with van der Waals surface area (Å²) in [4.78, 5) is 38.3. The van der Waals surface area contributed by atoms with E-state index in [0.717, 1.165) is 22.3 Å². The number of carboxylic acids is 1. The zero-order valence-corrected chi connectivity index (χ0v) is 19.3. The minimum absolute atomic E-state index is 0.0683. The summed E-state index contributed by atoms with van der Waals surface area (Å²) in [6, 6.07) is 14.6. The van der Waals surface area contributed by atoms with Crippen LogP contribution in [0.15, 0.2) is 48.5 Å². The molecule has 2 aromatic carbocycles. The predicted octanol–water partition coefficient (Wildman–Crippen LogP) is 3.25. The lowest BCUT2D eigenvalue weighted by Crippen LogP contribution is -2.56. The first kappa shape index (κ1) is 24.3. The standard InChI is InChI=1S/C25H30N2O6/c1-25(2,15-32-4)27(3)23(30)21(13-22(28)29)26-24(31)33-14-20-18-11-7-5-9-16(18)17-10-6-8-12-19(17)20/h5-12,20-21H,13-15H2,1-4H3,(H,26,31)(H,28,29). The van der Waals surface area contributed by atoms with E-state index in [-0.39, 0.29) is 19.1 Å². The van der Waals surface area contributed by atoms with E-state index in [9.17, 15) is 19.5 Å². The fraction of sp³-hybridized carbons (Fsp3) is 0.400. The Labute approximate surface area is 193 Å². The van der Waals surface area contributed by atoms with Crippen LogP contribution < -0.4 is 5.32 Å². The number of methoxy groups -OCH3 is 1. The Balaban J connectivity index is 1.70. The molecule has 0 saturated carbocycles. The summed E-state index contributed by atoms with van der Waals surface area (Å²) >= 11 is 0. The highest BCUT2D eigenvalue weighted by Gasteiger charge is 2.35. The molecular weight excluding hydrogens is 424 g/mol. The van der Waals surface area contributed by atoms with E-state index >= 15 is 0 Å². The minimum Gasteiger partial charge on any atom is -0.481 e. The van der Waals surface area contributed by atoms with Crippen molar-refractivity contribution in [1.29, 1.82) is 0 Å². The average Bonchev–Trinajstić information content (AvgIpc) is 3.09. The average molecular weight is 455 g/mol. The van der Waals surface area contributed by atoms with E-state index in [1.165, 1.54) is 12.0 Å². The summed E-state index contributed by atoms with van der Waals surface area (Å²) in [7, 11) is 3.07. The van der Waals surface area contributed by atoms with E-state index in [1.807, 2.05) is 48.5 Å². The van der Waals surface area contributed by atoms with Crippen LogP contribution in [0.1, 0.15) is 37.3 Å². The van der Waals surface area contributed by atoms with Gasteiger partial charge in [0.05, 0.1) is 18.6 Å². The number of likely N-dealkylation sites (N-methyl/N-ethyl adjacent to an activating group) is 1. The molecule has 0 aliphatic heterocycles. The Hall–Kier alpha value is -3.39. The van der Waals surface area contributed by atoms with Crippen LogP contribution in [0.5, 0.6) is 0 Å². The normalized spacial score (nSPS) is 13.6. The number of ether oxygens (including phenoxy) is 2. The molecule has 1 aliphatic rings. The van der Waals surface area contributed by atoms with Crippen molar-refractivity contribution in [2.75, 3.05) is 27.4 Å². The highest BCUT2D eigenvalue weighted by Crippen LogP contribution is 2.44. The number of rotatable bonds is 9. The molecule has 176 valence electrons. The molecular formula is C25H30N2O6. The van der Waals surface area contributed by atoms with Crippen molar-refractivity contribution in [2.45, 2.75) is 37.8 Å². The van der Waals surface area contributed by atoms with Crippen LogP contribution in [0.3, 0.4) is 0 Å². The van der Waals surface area contributed by atoms with Gasteiger partial charge in [-0.3, -0.25) is 9.59 Å². The third-order valence-corrected chi connectivity index (χ3v) is 6.05. The van der Waals surface area contributed by atoms with E-state index in [4.69, 9.17) is 9.47 Å². The number of carboxylic acid groups (broad SMARTS) is 1. The second-order valence-electron chi connectivity index (χ2n) is 8.76. The van der Waals surface area contributed by atoms with Crippen molar-refractivity contribution in [3.63, 3.8) is 0 Å². The third-order valence-electron chi connectivity index (χ3n) is 6.05. The van der Waals surface area contributed by atoms with Crippen LogP contribution in [0.25, 0.3) is 11.1 Å². The molecule has 0 bridgehead atoms. The maximum atomic E-state index is 13.0.